The van der Waals surface area contributed by atoms with Crippen molar-refractivity contribution in [3.05, 3.63) is 95.2 Å². The van der Waals surface area contributed by atoms with Crippen molar-refractivity contribution >= 4 is 45.8 Å². The molecule has 1 aromatic heterocycles. The van der Waals surface area contributed by atoms with Crippen LogP contribution in [0.25, 0.3) is 11.0 Å². The molecule has 0 saturated heterocycles. The number of carbonyl (C=O) groups is 2. The summed E-state index contributed by atoms with van der Waals surface area (Å²) in [5, 5.41) is 6.84. The Balaban J connectivity index is 1.62. The number of para-hydroxylation sites is 1. The number of carbonyl (C=O) groups excluding carboxylic acids is 2. The second-order valence-corrected chi connectivity index (χ2v) is 6.91. The highest BCUT2D eigenvalue weighted by atomic mass is 35.5. The maximum atomic E-state index is 12.8. The second kappa shape index (κ2) is 8.20. The molecule has 4 rings (SSSR count). The van der Waals surface area contributed by atoms with Crippen LogP contribution in [0.4, 0.5) is 11.4 Å². The van der Waals surface area contributed by atoms with E-state index in [1.165, 1.54) is 0 Å². The molecule has 0 fully saturated rings. The summed E-state index contributed by atoms with van der Waals surface area (Å²) < 4.78 is 5.76. The zero-order valence-electron chi connectivity index (χ0n) is 15.3. The van der Waals surface area contributed by atoms with Crippen molar-refractivity contribution < 1.29 is 14.0 Å². The number of hydrogen-bond donors (Lipinski definition) is 2. The van der Waals surface area contributed by atoms with Crippen molar-refractivity contribution in [2.45, 2.75) is 6.42 Å². The number of fused-ring (bicyclic) bond motifs is 1. The first-order chi connectivity index (χ1) is 14.1. The zero-order chi connectivity index (χ0) is 20.2. The van der Waals surface area contributed by atoms with Crippen LogP contribution in [-0.4, -0.2) is 11.8 Å². The van der Waals surface area contributed by atoms with Gasteiger partial charge in [-0.3, -0.25) is 9.59 Å². The van der Waals surface area contributed by atoms with Crippen LogP contribution in [0.5, 0.6) is 0 Å². The first-order valence-corrected chi connectivity index (χ1v) is 9.40. The largest absolute Gasteiger partial charge is 0.449 e. The van der Waals surface area contributed by atoms with Gasteiger partial charge in [-0.1, -0.05) is 54.1 Å². The van der Waals surface area contributed by atoms with E-state index in [4.69, 9.17) is 16.0 Å². The van der Waals surface area contributed by atoms with E-state index in [0.717, 1.165) is 5.56 Å². The number of rotatable bonds is 5. The highest BCUT2D eigenvalue weighted by Crippen LogP contribution is 2.31. The molecule has 0 radical (unpaired) electrons. The van der Waals surface area contributed by atoms with Crippen molar-refractivity contribution in [1.82, 2.24) is 0 Å². The molecule has 1 heterocycles. The molecule has 0 bridgehead atoms. The zero-order valence-corrected chi connectivity index (χ0v) is 16.1. The topological polar surface area (TPSA) is 71.3 Å². The molecule has 0 aliphatic heterocycles. The number of benzene rings is 3. The average Bonchev–Trinajstić information content (AvgIpc) is 3.09. The van der Waals surface area contributed by atoms with Gasteiger partial charge >= 0.3 is 0 Å². The number of furan rings is 1. The van der Waals surface area contributed by atoms with Gasteiger partial charge in [-0.25, -0.2) is 0 Å². The molecule has 0 saturated carbocycles. The fourth-order valence-electron chi connectivity index (χ4n) is 3.02. The van der Waals surface area contributed by atoms with Gasteiger partial charge in [0.1, 0.15) is 11.3 Å². The number of nitrogens with one attached hydrogen (secondary N) is 2. The number of amides is 2. The van der Waals surface area contributed by atoms with Gasteiger partial charge in [0, 0.05) is 16.1 Å². The van der Waals surface area contributed by atoms with Crippen LogP contribution in [0.3, 0.4) is 0 Å². The molecule has 0 unspecified atom stereocenters. The van der Waals surface area contributed by atoms with Crippen LogP contribution in [0.1, 0.15) is 16.1 Å². The van der Waals surface area contributed by atoms with Crippen molar-refractivity contribution in [3.63, 3.8) is 0 Å². The van der Waals surface area contributed by atoms with Crippen molar-refractivity contribution in [2.24, 2.45) is 0 Å². The molecule has 0 spiro atoms. The molecular formula is C23H17ClN2O3. The minimum atomic E-state index is -0.460. The molecule has 6 heteroatoms. The molecule has 5 nitrogen and oxygen atoms in total. The summed E-state index contributed by atoms with van der Waals surface area (Å²) in [5.41, 5.74) is 2.32. The number of hydrogen-bond acceptors (Lipinski definition) is 3. The maximum absolute atomic E-state index is 12.8. The summed E-state index contributed by atoms with van der Waals surface area (Å²) in [5.74, 6) is -0.649. The molecule has 0 aliphatic carbocycles. The van der Waals surface area contributed by atoms with Gasteiger partial charge in [0.2, 0.25) is 11.7 Å². The predicted octanol–water partition coefficient (Wildman–Crippen LogP) is 5.52. The molecule has 2 N–H and O–H groups in total. The molecule has 144 valence electrons. The number of halogens is 1. The van der Waals surface area contributed by atoms with Crippen LogP contribution < -0.4 is 10.6 Å². The molecular weight excluding hydrogens is 388 g/mol. The van der Waals surface area contributed by atoms with Gasteiger partial charge in [0.15, 0.2) is 0 Å². The summed E-state index contributed by atoms with van der Waals surface area (Å²) in [6.07, 6.45) is 0.193. The Kier molecular flexibility index (Phi) is 5.31. The van der Waals surface area contributed by atoms with Gasteiger partial charge in [-0.2, -0.15) is 0 Å². The van der Waals surface area contributed by atoms with Gasteiger partial charge < -0.3 is 15.1 Å². The highest BCUT2D eigenvalue weighted by molar-refractivity contribution is 6.30. The van der Waals surface area contributed by atoms with Crippen molar-refractivity contribution in [1.29, 1.82) is 0 Å². The lowest BCUT2D eigenvalue weighted by Gasteiger charge is -2.08. The Hall–Kier alpha value is -3.57. The monoisotopic (exact) mass is 404 g/mol. The van der Waals surface area contributed by atoms with Gasteiger partial charge in [-0.15, -0.1) is 0 Å². The average molecular weight is 405 g/mol. The van der Waals surface area contributed by atoms with E-state index in [9.17, 15) is 9.59 Å². The SMILES string of the molecule is O=C(Cc1ccccc1)Nc1c(C(=O)Nc2ccc(Cl)cc2)oc2ccccc12. The van der Waals surface area contributed by atoms with E-state index in [0.29, 0.717) is 27.4 Å². The smallest absolute Gasteiger partial charge is 0.293 e. The molecule has 3 aromatic carbocycles. The third-order valence-electron chi connectivity index (χ3n) is 4.38. The summed E-state index contributed by atoms with van der Waals surface area (Å²) in [6.45, 7) is 0. The quantitative estimate of drug-likeness (QED) is 0.460. The van der Waals surface area contributed by atoms with Crippen LogP contribution in [0.2, 0.25) is 5.02 Å². The minimum Gasteiger partial charge on any atom is -0.449 e. The molecule has 0 atom stereocenters. The first kappa shape index (κ1) is 18.8. The van der Waals surface area contributed by atoms with Gasteiger partial charge in [0.05, 0.1) is 6.42 Å². The summed E-state index contributed by atoms with van der Waals surface area (Å²) in [4.78, 5) is 25.4. The minimum absolute atomic E-state index is 0.0440. The fraction of sp³-hybridized carbons (Fsp3) is 0.0435. The third-order valence-corrected chi connectivity index (χ3v) is 4.63. The van der Waals surface area contributed by atoms with E-state index >= 15 is 0 Å². The summed E-state index contributed by atoms with van der Waals surface area (Å²) in [6, 6.07) is 23.3. The third kappa shape index (κ3) is 4.31. The standard InChI is InChI=1S/C23H17ClN2O3/c24-16-10-12-17(13-11-16)25-23(28)22-21(18-8-4-5-9-19(18)29-22)26-20(27)14-15-6-2-1-3-7-15/h1-13H,14H2,(H,25,28)(H,26,27). The van der Waals surface area contributed by atoms with Gasteiger partial charge in [-0.05, 0) is 42.0 Å². The van der Waals surface area contributed by atoms with Gasteiger partial charge in [0.25, 0.3) is 5.91 Å². The van der Waals surface area contributed by atoms with Crippen molar-refractivity contribution in [3.8, 4) is 0 Å². The second-order valence-electron chi connectivity index (χ2n) is 6.47. The normalized spacial score (nSPS) is 10.7. The van der Waals surface area contributed by atoms with Crippen LogP contribution >= 0.6 is 11.6 Å². The van der Waals surface area contributed by atoms with Crippen molar-refractivity contribution in [2.75, 3.05) is 10.6 Å². The molecule has 29 heavy (non-hydrogen) atoms. The Labute approximate surface area is 172 Å². The first-order valence-electron chi connectivity index (χ1n) is 9.02. The Morgan fingerprint density at radius 3 is 2.28 bits per heavy atom. The lowest BCUT2D eigenvalue weighted by molar-refractivity contribution is -0.115. The Morgan fingerprint density at radius 1 is 0.828 bits per heavy atom. The lowest BCUT2D eigenvalue weighted by Crippen LogP contribution is -2.18. The Bertz CT molecular complexity index is 1170. The molecule has 2 amide bonds. The van der Waals surface area contributed by atoms with E-state index in [1.54, 1.807) is 36.4 Å². The molecule has 0 aliphatic rings. The summed E-state index contributed by atoms with van der Waals surface area (Å²) in [7, 11) is 0. The van der Waals surface area contributed by atoms with E-state index in [1.807, 2.05) is 42.5 Å². The summed E-state index contributed by atoms with van der Waals surface area (Å²) >= 11 is 5.89. The van der Waals surface area contributed by atoms with E-state index in [-0.39, 0.29) is 18.1 Å². The Morgan fingerprint density at radius 2 is 1.52 bits per heavy atom. The van der Waals surface area contributed by atoms with Crippen LogP contribution in [-0.2, 0) is 11.2 Å². The predicted molar refractivity (Wildman–Crippen MR) is 114 cm³/mol. The van der Waals surface area contributed by atoms with Crippen LogP contribution in [0, 0.1) is 0 Å². The number of anilines is 2. The van der Waals surface area contributed by atoms with E-state index < -0.39 is 5.91 Å². The lowest BCUT2D eigenvalue weighted by atomic mass is 10.1. The fourth-order valence-corrected chi connectivity index (χ4v) is 3.14. The molecule has 4 aromatic rings. The maximum Gasteiger partial charge on any atom is 0.293 e. The van der Waals surface area contributed by atoms with Crippen LogP contribution in [0.15, 0.2) is 83.3 Å². The van der Waals surface area contributed by atoms with E-state index in [2.05, 4.69) is 10.6 Å². The highest BCUT2D eigenvalue weighted by Gasteiger charge is 2.22.